The number of hydrogen-bond donors (Lipinski definition) is 0. The summed E-state index contributed by atoms with van der Waals surface area (Å²) in [5, 5.41) is 21.4. The van der Waals surface area contributed by atoms with Gasteiger partial charge in [0.05, 0.1) is 31.7 Å². The number of rotatable bonds is 15. The van der Waals surface area contributed by atoms with Crippen molar-refractivity contribution in [1.29, 1.82) is 0 Å². The molecule has 0 amide bonds. The molecule has 0 unspecified atom stereocenters. The van der Waals surface area contributed by atoms with Crippen LogP contribution in [0.25, 0.3) is 0 Å². The van der Waals surface area contributed by atoms with E-state index in [0.717, 1.165) is 0 Å². The minimum Gasteiger partial charge on any atom is -0.0622 e. The third kappa shape index (κ3) is 21.9. The third-order valence-corrected chi connectivity index (χ3v) is 29.2. The van der Waals surface area contributed by atoms with Crippen LogP contribution in [0.3, 0.4) is 0 Å². The van der Waals surface area contributed by atoms with E-state index in [9.17, 15) is 0 Å². The summed E-state index contributed by atoms with van der Waals surface area (Å²) >= 11 is 0. The van der Waals surface area contributed by atoms with Gasteiger partial charge in [-0.05, 0) is 169 Å². The molecule has 0 aliphatic rings. The summed E-state index contributed by atoms with van der Waals surface area (Å²) < 4.78 is 0. The average molecular weight is 1530 g/mol. The number of hydrogen-bond acceptors (Lipinski definition) is 0. The summed E-state index contributed by atoms with van der Waals surface area (Å²) in [6.45, 7) is 0. The van der Waals surface area contributed by atoms with E-state index in [1.807, 2.05) is 0 Å². The van der Waals surface area contributed by atoms with Gasteiger partial charge >= 0.3 is 0 Å². The van der Waals surface area contributed by atoms with Gasteiger partial charge in [-0.25, -0.2) is 0 Å². The Hall–Kier alpha value is -8.23. The van der Waals surface area contributed by atoms with E-state index in [2.05, 4.69) is 455 Å². The van der Waals surface area contributed by atoms with Crippen molar-refractivity contribution in [2.45, 2.75) is 0 Å². The Morgan fingerprint density at radius 3 is 0.289 bits per heavy atom. The molecule has 480 valence electrons. The zero-order valence-corrected chi connectivity index (χ0v) is 61.9. The van der Waals surface area contributed by atoms with E-state index >= 15 is 0 Å². The normalized spacial score (nSPS) is 10.4. The van der Waals surface area contributed by atoms with Crippen molar-refractivity contribution in [1.82, 2.24) is 0 Å². The molecular formula is C90H79P5Pd2+4. The third-order valence-electron chi connectivity index (χ3n) is 15.8. The van der Waals surface area contributed by atoms with Crippen molar-refractivity contribution in [2.75, 3.05) is 0 Å². The van der Waals surface area contributed by atoms with Crippen LogP contribution in [0.4, 0.5) is 0 Å². The predicted molar refractivity (Wildman–Crippen MR) is 431 cm³/mol. The summed E-state index contributed by atoms with van der Waals surface area (Å²) in [6, 6.07) is 162. The summed E-state index contributed by atoms with van der Waals surface area (Å²) in [5.41, 5.74) is 0. The largest absolute Gasteiger partial charge is 0.102 e. The van der Waals surface area contributed by atoms with Gasteiger partial charge in [-0.3, -0.25) is 0 Å². The van der Waals surface area contributed by atoms with Gasteiger partial charge in [-0.15, -0.1) is 0 Å². The van der Waals surface area contributed by atoms with Crippen molar-refractivity contribution >= 4 is 119 Å². The summed E-state index contributed by atoms with van der Waals surface area (Å²) in [4.78, 5) is 0. The van der Waals surface area contributed by atoms with Gasteiger partial charge in [0.15, 0.2) is 0 Å². The van der Waals surface area contributed by atoms with Crippen molar-refractivity contribution < 1.29 is 40.8 Å². The Morgan fingerprint density at radius 1 is 0.113 bits per heavy atom. The van der Waals surface area contributed by atoms with Crippen molar-refractivity contribution in [3.63, 3.8) is 0 Å². The smallest absolute Gasteiger partial charge is 0.0622 e. The summed E-state index contributed by atoms with van der Waals surface area (Å²) in [6.07, 6.45) is 0. The van der Waals surface area contributed by atoms with Gasteiger partial charge in [-0.1, -0.05) is 309 Å². The van der Waals surface area contributed by atoms with Crippen molar-refractivity contribution in [2.24, 2.45) is 0 Å². The minimum absolute atomic E-state index is 0. The second kappa shape index (κ2) is 41.1. The van der Waals surface area contributed by atoms with E-state index in [4.69, 9.17) is 0 Å². The minimum atomic E-state index is -0.877. The molecule has 15 rings (SSSR count). The van der Waals surface area contributed by atoms with E-state index in [0.29, 0.717) is 0 Å². The van der Waals surface area contributed by atoms with Gasteiger partial charge in [0.2, 0.25) is 0 Å². The summed E-state index contributed by atoms with van der Waals surface area (Å²) in [5.74, 6) is 0. The maximum absolute atomic E-state index is 2.24. The Bertz CT molecular complexity index is 3320. The van der Waals surface area contributed by atoms with E-state index in [1.165, 1.54) is 79.6 Å². The maximum Gasteiger partial charge on any atom is 0.102 e. The van der Waals surface area contributed by atoms with Crippen LogP contribution in [0.5, 0.6) is 0 Å². The van der Waals surface area contributed by atoms with E-state index in [1.54, 1.807) is 0 Å². The van der Waals surface area contributed by atoms with Gasteiger partial charge < -0.3 is 0 Å². The molecule has 15 aromatic rings. The Kier molecular flexibility index (Phi) is 31.0. The monoisotopic (exact) mass is 1530 g/mol. The molecule has 0 nitrogen and oxygen atoms in total. The number of benzene rings is 15. The van der Waals surface area contributed by atoms with Crippen LogP contribution in [-0.2, 0) is 40.8 Å². The average Bonchev–Trinajstić information content (AvgIpc) is 1.45. The molecule has 0 heterocycles. The fourth-order valence-corrected chi connectivity index (χ4v) is 24.1. The quantitative estimate of drug-likeness (QED) is 0.0709. The standard InChI is InChI=1S/5C18H15P.2Pd/c5*1-4-10-16(11-5-1)19(17-12-6-2-7-13-17)18-14-8-3-9-15-18;;/h5*1-15H;;/p+4. The van der Waals surface area contributed by atoms with Crippen LogP contribution in [0.2, 0.25) is 0 Å². The first-order valence-electron chi connectivity index (χ1n) is 32.3. The van der Waals surface area contributed by atoms with E-state index < -0.39 is 39.6 Å². The molecule has 7 heteroatoms. The predicted octanol–water partition coefficient (Wildman–Crippen LogP) is 16.1. The maximum atomic E-state index is 2.24. The molecule has 15 aromatic carbocycles. The molecule has 0 saturated carbocycles. The first kappa shape index (κ1) is 73.0. The van der Waals surface area contributed by atoms with Crippen LogP contribution < -0.4 is 79.6 Å². The van der Waals surface area contributed by atoms with Crippen LogP contribution >= 0.6 is 39.6 Å². The van der Waals surface area contributed by atoms with Crippen molar-refractivity contribution in [3.05, 3.63) is 455 Å². The van der Waals surface area contributed by atoms with Crippen LogP contribution in [0.1, 0.15) is 0 Å². The van der Waals surface area contributed by atoms with Crippen molar-refractivity contribution in [3.8, 4) is 0 Å². The fourth-order valence-electron chi connectivity index (χ4n) is 11.4. The molecule has 0 aliphatic carbocycles. The molecule has 0 aliphatic heterocycles. The molecule has 0 atom stereocenters. The fraction of sp³-hybridized carbons (Fsp3) is 0. The SMILES string of the molecule is [Pd].[Pd].c1ccc(P(c2ccccc2)c2ccccc2)cc1.c1ccc([PH+](c2ccccc2)c2ccccc2)cc1.c1ccc([PH+](c2ccccc2)c2ccccc2)cc1.c1ccc([PH+](c2ccccc2)c2ccccc2)cc1.c1ccc([PH+](c2ccccc2)c2ccccc2)cc1. The molecule has 0 saturated heterocycles. The van der Waals surface area contributed by atoms with Gasteiger partial charge in [0.25, 0.3) is 0 Å². The molecule has 0 bridgehead atoms. The second-order valence-corrected chi connectivity index (χ2v) is 34.4. The Labute approximate surface area is 609 Å². The molecule has 0 radical (unpaired) electrons. The Balaban J connectivity index is 0.000000141. The second-order valence-electron chi connectivity index (χ2n) is 22.2. The zero-order valence-electron chi connectivity index (χ0n) is 53.9. The zero-order chi connectivity index (χ0) is 64.6. The Morgan fingerprint density at radius 2 is 0.196 bits per heavy atom. The van der Waals surface area contributed by atoms with Crippen LogP contribution in [0.15, 0.2) is 455 Å². The molecule has 0 aromatic heterocycles. The molecular weight excluding hydrogens is 1450 g/mol. The molecule has 97 heavy (non-hydrogen) atoms. The molecule has 0 N–H and O–H groups in total. The van der Waals surface area contributed by atoms with Gasteiger partial charge in [0.1, 0.15) is 63.7 Å². The van der Waals surface area contributed by atoms with Gasteiger partial charge in [-0.2, -0.15) is 0 Å². The molecule has 0 fully saturated rings. The van der Waals surface area contributed by atoms with Gasteiger partial charge in [0, 0.05) is 40.8 Å². The van der Waals surface area contributed by atoms with E-state index in [-0.39, 0.29) is 40.8 Å². The van der Waals surface area contributed by atoms with Crippen LogP contribution in [0, 0.1) is 0 Å². The first-order valence-corrected chi connectivity index (χ1v) is 39.7. The first-order chi connectivity index (χ1) is 47.2. The topological polar surface area (TPSA) is 0 Å². The van der Waals surface area contributed by atoms with Crippen LogP contribution in [-0.4, -0.2) is 0 Å². The molecule has 0 spiro atoms. The summed E-state index contributed by atoms with van der Waals surface area (Å²) in [7, 11) is -3.96.